The van der Waals surface area contributed by atoms with Gasteiger partial charge in [-0.2, -0.15) is 0 Å². The number of hydrogen-bond donors (Lipinski definition) is 1. The van der Waals surface area contributed by atoms with Gasteiger partial charge >= 0.3 is 0 Å². The van der Waals surface area contributed by atoms with Crippen LogP contribution in [0.3, 0.4) is 0 Å². The first-order valence-electron chi connectivity index (χ1n) is 6.47. The molecule has 3 rings (SSSR count). The van der Waals surface area contributed by atoms with E-state index in [1.165, 1.54) is 0 Å². The summed E-state index contributed by atoms with van der Waals surface area (Å²) in [6, 6.07) is 11.5. The number of para-hydroxylation sites is 1. The zero-order valence-corrected chi connectivity index (χ0v) is 12.1. The van der Waals surface area contributed by atoms with Gasteiger partial charge in [-0.25, -0.2) is 9.97 Å². The summed E-state index contributed by atoms with van der Waals surface area (Å²) in [5, 5.41) is 0.693. The van der Waals surface area contributed by atoms with E-state index in [0.29, 0.717) is 10.8 Å². The minimum atomic E-state index is 0.220. The molecule has 2 heterocycles. The van der Waals surface area contributed by atoms with Crippen molar-refractivity contribution in [2.24, 2.45) is 0 Å². The minimum absolute atomic E-state index is 0.220. The number of nitrogen functional groups attached to an aromatic ring is 1. The number of nitrogens with zero attached hydrogens (tertiary/aromatic N) is 3. The smallest absolute Gasteiger partial charge is 0.160 e. The molecule has 0 saturated heterocycles. The number of aromatic nitrogens is 3. The van der Waals surface area contributed by atoms with Gasteiger partial charge in [0.15, 0.2) is 5.82 Å². The van der Waals surface area contributed by atoms with Crippen molar-refractivity contribution in [3.8, 4) is 11.5 Å². The highest BCUT2D eigenvalue weighted by atomic mass is 35.5. The summed E-state index contributed by atoms with van der Waals surface area (Å²) >= 11 is 6.33. The summed E-state index contributed by atoms with van der Waals surface area (Å²) in [6.45, 7) is 4.19. The number of hydrogen-bond acceptors (Lipinski definition) is 3. The third-order valence-corrected chi connectivity index (χ3v) is 3.48. The number of benzene rings is 1. The summed E-state index contributed by atoms with van der Waals surface area (Å²) in [5.74, 6) is 1.27. The van der Waals surface area contributed by atoms with Crippen LogP contribution in [0, 0.1) is 0 Å². The van der Waals surface area contributed by atoms with Crippen LogP contribution in [0.4, 0.5) is 5.82 Å². The highest BCUT2D eigenvalue weighted by Crippen LogP contribution is 2.31. The Balaban J connectivity index is 2.36. The molecule has 2 aromatic heterocycles. The van der Waals surface area contributed by atoms with Crippen LogP contribution in [0.1, 0.15) is 19.9 Å². The van der Waals surface area contributed by atoms with Crippen LogP contribution < -0.4 is 5.73 Å². The van der Waals surface area contributed by atoms with Gasteiger partial charge in [-0.1, -0.05) is 23.7 Å². The molecule has 0 atom stereocenters. The molecular weight excluding hydrogens is 272 g/mol. The van der Waals surface area contributed by atoms with Gasteiger partial charge in [0.05, 0.1) is 16.1 Å². The topological polar surface area (TPSA) is 56.7 Å². The molecule has 0 aliphatic heterocycles. The number of halogens is 1. The predicted octanol–water partition coefficient (Wildman–Crippen LogP) is 3.91. The zero-order chi connectivity index (χ0) is 14.3. The quantitative estimate of drug-likeness (QED) is 0.777. The van der Waals surface area contributed by atoms with E-state index < -0.39 is 0 Å². The van der Waals surface area contributed by atoms with E-state index in [1.54, 1.807) is 6.07 Å². The van der Waals surface area contributed by atoms with Crippen molar-refractivity contribution in [1.82, 2.24) is 14.5 Å². The van der Waals surface area contributed by atoms with Crippen molar-refractivity contribution in [1.29, 1.82) is 0 Å². The van der Waals surface area contributed by atoms with Crippen molar-refractivity contribution < 1.29 is 0 Å². The Morgan fingerprint density at radius 3 is 2.55 bits per heavy atom. The zero-order valence-electron chi connectivity index (χ0n) is 11.3. The van der Waals surface area contributed by atoms with Gasteiger partial charge in [-0.3, -0.25) is 0 Å². The number of imidazole rings is 1. The van der Waals surface area contributed by atoms with Gasteiger partial charge in [0.2, 0.25) is 0 Å². The molecule has 5 heteroatoms. The molecule has 2 N–H and O–H groups in total. The van der Waals surface area contributed by atoms with Gasteiger partial charge in [0, 0.05) is 6.04 Å². The van der Waals surface area contributed by atoms with Gasteiger partial charge in [-0.05, 0) is 38.1 Å². The SMILES string of the molecule is CC(C)n1c(-c2cccc(N)n2)nc2cccc(Cl)c21. The number of pyridine rings is 1. The molecular formula is C15H15ClN4. The molecule has 0 unspecified atom stereocenters. The second kappa shape index (κ2) is 4.80. The Labute approximate surface area is 122 Å². The second-order valence-corrected chi connectivity index (χ2v) is 5.36. The lowest BCUT2D eigenvalue weighted by atomic mass is 10.2. The summed E-state index contributed by atoms with van der Waals surface area (Å²) in [7, 11) is 0. The highest BCUT2D eigenvalue weighted by molar-refractivity contribution is 6.35. The van der Waals surface area contributed by atoms with E-state index >= 15 is 0 Å². The Morgan fingerprint density at radius 2 is 1.85 bits per heavy atom. The van der Waals surface area contributed by atoms with Gasteiger partial charge in [0.1, 0.15) is 11.5 Å². The fraction of sp³-hybridized carbons (Fsp3) is 0.200. The molecule has 4 nitrogen and oxygen atoms in total. The van der Waals surface area contributed by atoms with E-state index in [2.05, 4.69) is 28.4 Å². The Morgan fingerprint density at radius 1 is 1.10 bits per heavy atom. The van der Waals surface area contributed by atoms with Gasteiger partial charge < -0.3 is 10.3 Å². The largest absolute Gasteiger partial charge is 0.384 e. The first kappa shape index (κ1) is 12.9. The predicted molar refractivity (Wildman–Crippen MR) is 82.8 cm³/mol. The Kier molecular flexibility index (Phi) is 3.10. The third-order valence-electron chi connectivity index (χ3n) is 3.18. The van der Waals surface area contributed by atoms with E-state index in [0.717, 1.165) is 22.6 Å². The van der Waals surface area contributed by atoms with Crippen molar-refractivity contribution >= 4 is 28.5 Å². The van der Waals surface area contributed by atoms with Crippen LogP contribution in [-0.2, 0) is 0 Å². The molecule has 0 aliphatic rings. The van der Waals surface area contributed by atoms with E-state index in [1.807, 2.05) is 30.3 Å². The molecule has 0 aliphatic carbocycles. The molecule has 20 heavy (non-hydrogen) atoms. The summed E-state index contributed by atoms with van der Waals surface area (Å²) in [4.78, 5) is 9.03. The molecule has 102 valence electrons. The number of anilines is 1. The number of nitrogens with two attached hydrogens (primary N) is 1. The molecule has 0 spiro atoms. The maximum Gasteiger partial charge on any atom is 0.160 e. The average Bonchev–Trinajstić information content (AvgIpc) is 2.79. The number of rotatable bonds is 2. The first-order chi connectivity index (χ1) is 9.58. The molecule has 0 amide bonds. The van der Waals surface area contributed by atoms with E-state index in [4.69, 9.17) is 17.3 Å². The lowest BCUT2D eigenvalue weighted by Gasteiger charge is -2.13. The van der Waals surface area contributed by atoms with Crippen LogP contribution in [0.15, 0.2) is 36.4 Å². The fourth-order valence-electron chi connectivity index (χ4n) is 2.37. The lowest BCUT2D eigenvalue weighted by Crippen LogP contribution is -2.05. The van der Waals surface area contributed by atoms with Gasteiger partial charge in [-0.15, -0.1) is 0 Å². The van der Waals surface area contributed by atoms with Gasteiger partial charge in [0.25, 0.3) is 0 Å². The van der Waals surface area contributed by atoms with Crippen LogP contribution in [0.2, 0.25) is 5.02 Å². The average molecular weight is 287 g/mol. The molecule has 3 aromatic rings. The molecule has 0 fully saturated rings. The highest BCUT2D eigenvalue weighted by Gasteiger charge is 2.17. The Hall–Kier alpha value is -2.07. The van der Waals surface area contributed by atoms with Crippen LogP contribution in [0.25, 0.3) is 22.6 Å². The Bertz CT molecular complexity index is 777. The minimum Gasteiger partial charge on any atom is -0.384 e. The third kappa shape index (κ3) is 2.02. The summed E-state index contributed by atoms with van der Waals surface area (Å²) in [5.41, 5.74) is 8.33. The summed E-state index contributed by atoms with van der Waals surface area (Å²) < 4.78 is 2.10. The van der Waals surface area contributed by atoms with Crippen LogP contribution in [0.5, 0.6) is 0 Å². The monoisotopic (exact) mass is 286 g/mol. The maximum atomic E-state index is 6.33. The van der Waals surface area contributed by atoms with Crippen molar-refractivity contribution in [3.05, 3.63) is 41.4 Å². The standard InChI is InChI=1S/C15H15ClN4/c1-9(2)20-14-10(16)5-3-6-11(14)19-15(20)12-7-4-8-13(17)18-12/h3-9H,1-2H3,(H2,17,18). The number of fused-ring (bicyclic) bond motifs is 1. The van der Waals surface area contributed by atoms with Crippen molar-refractivity contribution in [3.63, 3.8) is 0 Å². The van der Waals surface area contributed by atoms with E-state index in [-0.39, 0.29) is 6.04 Å². The maximum absolute atomic E-state index is 6.33. The van der Waals surface area contributed by atoms with Crippen molar-refractivity contribution in [2.45, 2.75) is 19.9 Å². The molecule has 0 saturated carbocycles. The van der Waals surface area contributed by atoms with Crippen molar-refractivity contribution in [2.75, 3.05) is 5.73 Å². The normalized spacial score (nSPS) is 11.4. The first-order valence-corrected chi connectivity index (χ1v) is 6.85. The summed E-state index contributed by atoms with van der Waals surface area (Å²) in [6.07, 6.45) is 0. The molecule has 0 bridgehead atoms. The van der Waals surface area contributed by atoms with E-state index in [9.17, 15) is 0 Å². The van der Waals surface area contributed by atoms with Crippen LogP contribution >= 0.6 is 11.6 Å². The molecule has 0 radical (unpaired) electrons. The second-order valence-electron chi connectivity index (χ2n) is 4.95. The molecule has 1 aromatic carbocycles. The lowest BCUT2D eigenvalue weighted by molar-refractivity contribution is 0.623. The van der Waals surface area contributed by atoms with Crippen LogP contribution in [-0.4, -0.2) is 14.5 Å². The fourth-order valence-corrected chi connectivity index (χ4v) is 2.63.